The van der Waals surface area contributed by atoms with Gasteiger partial charge in [-0.25, -0.2) is 9.97 Å². The van der Waals surface area contributed by atoms with E-state index in [9.17, 15) is 0 Å². The minimum Gasteiger partial charge on any atom is -0.221 e. The summed E-state index contributed by atoms with van der Waals surface area (Å²) in [5, 5.41) is 5.82. The maximum Gasteiger partial charge on any atom is 0.183 e. The maximum atomic E-state index is 6.15. The highest BCUT2D eigenvalue weighted by Crippen LogP contribution is 2.28. The van der Waals surface area contributed by atoms with Gasteiger partial charge in [0.25, 0.3) is 0 Å². The molecule has 2 aromatic heterocycles. The molecule has 0 bridgehead atoms. The van der Waals surface area contributed by atoms with Crippen molar-refractivity contribution >= 4 is 40.4 Å². The highest BCUT2D eigenvalue weighted by Gasteiger charge is 2.12. The zero-order chi connectivity index (χ0) is 13.6. The van der Waals surface area contributed by atoms with E-state index in [1.807, 2.05) is 0 Å². The molecular formula is C12H7Cl3N4. The van der Waals surface area contributed by atoms with E-state index < -0.39 is 0 Å². The normalized spacial score (nSPS) is 11.2. The van der Waals surface area contributed by atoms with E-state index in [1.165, 1.54) is 0 Å². The van der Waals surface area contributed by atoms with Crippen LogP contribution in [0.4, 0.5) is 0 Å². The van der Waals surface area contributed by atoms with E-state index in [1.54, 1.807) is 35.7 Å². The minimum atomic E-state index is 0.381. The first-order valence-corrected chi connectivity index (χ1v) is 6.53. The van der Waals surface area contributed by atoms with Crippen molar-refractivity contribution in [1.82, 2.24) is 19.6 Å². The van der Waals surface area contributed by atoms with E-state index in [0.29, 0.717) is 38.1 Å². The van der Waals surface area contributed by atoms with Crippen molar-refractivity contribution < 1.29 is 0 Å². The predicted octanol–water partition coefficient (Wildman–Crippen LogP) is 4.06. The van der Waals surface area contributed by atoms with Crippen LogP contribution in [0.25, 0.3) is 17.0 Å². The maximum absolute atomic E-state index is 6.15. The molecule has 0 atom stereocenters. The summed E-state index contributed by atoms with van der Waals surface area (Å²) in [6, 6.07) is 6.83. The fourth-order valence-electron chi connectivity index (χ4n) is 1.78. The number of aryl methyl sites for hydroxylation is 1. The molecule has 0 radical (unpaired) electrons. The van der Waals surface area contributed by atoms with Gasteiger partial charge in [-0.3, -0.25) is 0 Å². The molecule has 0 unspecified atom stereocenters. The lowest BCUT2D eigenvalue weighted by molar-refractivity contribution is 0.867. The fourth-order valence-corrected chi connectivity index (χ4v) is 2.49. The Hall–Kier alpha value is -1.36. The lowest BCUT2D eigenvalue weighted by Gasteiger charge is -1.99. The van der Waals surface area contributed by atoms with Gasteiger partial charge in [0.1, 0.15) is 11.0 Å². The first-order chi connectivity index (χ1) is 9.04. The lowest BCUT2D eigenvalue weighted by atomic mass is 10.2. The largest absolute Gasteiger partial charge is 0.221 e. The monoisotopic (exact) mass is 312 g/mol. The highest BCUT2D eigenvalue weighted by molar-refractivity contribution is 6.36. The third-order valence-electron chi connectivity index (χ3n) is 2.63. The highest BCUT2D eigenvalue weighted by atomic mass is 35.5. The molecule has 7 heteroatoms. The van der Waals surface area contributed by atoms with Crippen LogP contribution in [0.1, 0.15) is 5.82 Å². The van der Waals surface area contributed by atoms with Gasteiger partial charge in [0.05, 0.1) is 5.02 Å². The minimum absolute atomic E-state index is 0.381. The van der Waals surface area contributed by atoms with Gasteiger partial charge >= 0.3 is 0 Å². The van der Waals surface area contributed by atoms with Crippen LogP contribution < -0.4 is 0 Å². The van der Waals surface area contributed by atoms with Crippen molar-refractivity contribution in [3.63, 3.8) is 0 Å². The third-order valence-corrected chi connectivity index (χ3v) is 3.37. The van der Waals surface area contributed by atoms with Crippen LogP contribution in [0.2, 0.25) is 15.2 Å². The summed E-state index contributed by atoms with van der Waals surface area (Å²) in [5.41, 5.74) is 1.34. The summed E-state index contributed by atoms with van der Waals surface area (Å²) in [6.45, 7) is 1.81. The molecule has 0 spiro atoms. The Morgan fingerprint density at radius 3 is 2.58 bits per heavy atom. The second-order valence-electron chi connectivity index (χ2n) is 3.96. The molecule has 0 saturated carbocycles. The van der Waals surface area contributed by atoms with Gasteiger partial charge in [-0.15, -0.1) is 5.10 Å². The van der Waals surface area contributed by atoms with E-state index in [4.69, 9.17) is 34.8 Å². The summed E-state index contributed by atoms with van der Waals surface area (Å²) in [4.78, 5) is 8.51. The topological polar surface area (TPSA) is 43.1 Å². The molecular weight excluding hydrogens is 307 g/mol. The Balaban J connectivity index is 2.23. The fraction of sp³-hybridized carbons (Fsp3) is 0.0833. The SMILES string of the molecule is Cc1nc(Cl)cc2nc(-c3ccc(Cl)cc3Cl)nn12. The van der Waals surface area contributed by atoms with Crippen molar-refractivity contribution in [1.29, 1.82) is 0 Å². The summed E-state index contributed by atoms with van der Waals surface area (Å²) in [5.74, 6) is 1.17. The van der Waals surface area contributed by atoms with Crippen molar-refractivity contribution in [2.24, 2.45) is 0 Å². The van der Waals surface area contributed by atoms with Crippen molar-refractivity contribution in [3.05, 3.63) is 45.3 Å². The molecule has 0 aliphatic rings. The predicted molar refractivity (Wildman–Crippen MR) is 76.0 cm³/mol. The Bertz CT molecular complexity index is 782. The first-order valence-electron chi connectivity index (χ1n) is 5.40. The summed E-state index contributed by atoms with van der Waals surface area (Å²) in [7, 11) is 0. The van der Waals surface area contributed by atoms with E-state index in [-0.39, 0.29) is 0 Å². The van der Waals surface area contributed by atoms with E-state index in [2.05, 4.69) is 15.1 Å². The molecule has 3 aromatic rings. The quantitative estimate of drug-likeness (QED) is 0.636. The number of nitrogens with zero attached hydrogens (tertiary/aromatic N) is 4. The Morgan fingerprint density at radius 1 is 1.05 bits per heavy atom. The first kappa shape index (κ1) is 12.7. The second kappa shape index (κ2) is 4.63. The summed E-state index contributed by atoms with van der Waals surface area (Å²) < 4.78 is 1.62. The second-order valence-corrected chi connectivity index (χ2v) is 5.19. The van der Waals surface area contributed by atoms with Crippen LogP contribution in [0.3, 0.4) is 0 Å². The molecule has 0 aliphatic heterocycles. The Kier molecular flexibility index (Phi) is 3.09. The number of aromatic nitrogens is 4. The van der Waals surface area contributed by atoms with E-state index in [0.717, 1.165) is 0 Å². The number of hydrogen-bond donors (Lipinski definition) is 0. The molecule has 4 nitrogen and oxygen atoms in total. The van der Waals surface area contributed by atoms with Gasteiger partial charge in [0, 0.05) is 16.7 Å². The number of hydrogen-bond acceptors (Lipinski definition) is 3. The Labute approximate surface area is 124 Å². The third kappa shape index (κ3) is 2.27. The zero-order valence-electron chi connectivity index (χ0n) is 9.73. The van der Waals surface area contributed by atoms with Gasteiger partial charge in [0.2, 0.25) is 0 Å². The van der Waals surface area contributed by atoms with Crippen molar-refractivity contribution in [2.45, 2.75) is 6.92 Å². The molecule has 19 heavy (non-hydrogen) atoms. The van der Waals surface area contributed by atoms with Gasteiger partial charge in [0.15, 0.2) is 11.5 Å². The van der Waals surface area contributed by atoms with Crippen LogP contribution in [0.5, 0.6) is 0 Å². The van der Waals surface area contributed by atoms with Crippen LogP contribution in [-0.4, -0.2) is 19.6 Å². The molecule has 0 fully saturated rings. The molecule has 0 aliphatic carbocycles. The number of rotatable bonds is 1. The van der Waals surface area contributed by atoms with Crippen LogP contribution in [0, 0.1) is 6.92 Å². The molecule has 0 amide bonds. The average Bonchev–Trinajstić information content (AvgIpc) is 2.72. The van der Waals surface area contributed by atoms with Crippen LogP contribution in [-0.2, 0) is 0 Å². The number of fused-ring (bicyclic) bond motifs is 1. The van der Waals surface area contributed by atoms with Gasteiger partial charge in [-0.2, -0.15) is 4.52 Å². The summed E-state index contributed by atoms with van der Waals surface area (Å²) in [6.07, 6.45) is 0. The molecule has 1 aromatic carbocycles. The van der Waals surface area contributed by atoms with E-state index >= 15 is 0 Å². The zero-order valence-corrected chi connectivity index (χ0v) is 12.0. The van der Waals surface area contributed by atoms with Crippen molar-refractivity contribution in [2.75, 3.05) is 0 Å². The standard InChI is InChI=1S/C12H7Cl3N4/c1-6-16-10(15)5-11-17-12(18-19(6)11)8-3-2-7(13)4-9(8)14/h2-5H,1H3. The van der Waals surface area contributed by atoms with Gasteiger partial charge in [-0.1, -0.05) is 34.8 Å². The van der Waals surface area contributed by atoms with Gasteiger partial charge < -0.3 is 0 Å². The smallest absolute Gasteiger partial charge is 0.183 e. The molecule has 96 valence electrons. The van der Waals surface area contributed by atoms with Gasteiger partial charge in [-0.05, 0) is 25.1 Å². The molecule has 2 heterocycles. The molecule has 0 saturated heterocycles. The number of benzene rings is 1. The lowest BCUT2D eigenvalue weighted by Crippen LogP contribution is -1.96. The number of halogens is 3. The van der Waals surface area contributed by atoms with Crippen LogP contribution >= 0.6 is 34.8 Å². The Morgan fingerprint density at radius 2 is 1.84 bits per heavy atom. The molecule has 0 N–H and O–H groups in total. The molecule has 3 rings (SSSR count). The van der Waals surface area contributed by atoms with Crippen LogP contribution in [0.15, 0.2) is 24.3 Å². The average molecular weight is 314 g/mol. The van der Waals surface area contributed by atoms with Crippen molar-refractivity contribution in [3.8, 4) is 11.4 Å². The summed E-state index contributed by atoms with van der Waals surface area (Å²) >= 11 is 17.9.